The van der Waals surface area contributed by atoms with Crippen LogP contribution in [0.4, 0.5) is 11.4 Å². The van der Waals surface area contributed by atoms with Gasteiger partial charge in [0.25, 0.3) is 11.8 Å². The second-order valence-corrected chi connectivity index (χ2v) is 10.4. The fraction of sp³-hybridized carbons (Fsp3) is 0.235. The van der Waals surface area contributed by atoms with Gasteiger partial charge in [-0.2, -0.15) is 5.26 Å². The Morgan fingerprint density at radius 3 is 2.45 bits per heavy atom. The SMILES string of the molecule is N#Cc1ccc(C(=O)Nc2cc(-c3cccc(CN(CCCN)C(=O)c4cccnc4)c3)ccc2N2CCCC2)cc1. The lowest BCUT2D eigenvalue weighted by Gasteiger charge is -2.24. The van der Waals surface area contributed by atoms with Crippen LogP contribution in [-0.2, 0) is 6.54 Å². The molecule has 3 N–H and O–H groups in total. The van der Waals surface area contributed by atoms with Gasteiger partial charge >= 0.3 is 0 Å². The van der Waals surface area contributed by atoms with Gasteiger partial charge in [0.2, 0.25) is 0 Å². The van der Waals surface area contributed by atoms with Crippen LogP contribution in [0.15, 0.2) is 91.3 Å². The molecule has 4 aromatic rings. The van der Waals surface area contributed by atoms with Gasteiger partial charge < -0.3 is 20.9 Å². The summed E-state index contributed by atoms with van der Waals surface area (Å²) in [5, 5.41) is 12.2. The van der Waals surface area contributed by atoms with E-state index >= 15 is 0 Å². The maximum Gasteiger partial charge on any atom is 0.255 e. The largest absolute Gasteiger partial charge is 0.370 e. The van der Waals surface area contributed by atoms with Crippen LogP contribution in [0.25, 0.3) is 11.1 Å². The Balaban J connectivity index is 1.42. The molecule has 8 heteroatoms. The van der Waals surface area contributed by atoms with E-state index in [1.165, 1.54) is 0 Å². The van der Waals surface area contributed by atoms with Gasteiger partial charge in [0, 0.05) is 44.1 Å². The van der Waals surface area contributed by atoms with E-state index in [0.717, 1.165) is 54.0 Å². The lowest BCUT2D eigenvalue weighted by molar-refractivity contribution is 0.0741. The first-order chi connectivity index (χ1) is 20.6. The summed E-state index contributed by atoms with van der Waals surface area (Å²) in [5.74, 6) is -0.306. The Kier molecular flexibility index (Phi) is 9.22. The number of nitriles is 1. The molecule has 212 valence electrons. The summed E-state index contributed by atoms with van der Waals surface area (Å²) in [4.78, 5) is 34.7. The Labute approximate surface area is 246 Å². The minimum atomic E-state index is -0.227. The number of nitrogens with zero attached hydrogens (tertiary/aromatic N) is 4. The monoisotopic (exact) mass is 558 g/mol. The normalized spacial score (nSPS) is 12.5. The molecule has 1 saturated heterocycles. The molecule has 0 atom stereocenters. The van der Waals surface area contributed by atoms with Crippen molar-refractivity contribution in [3.63, 3.8) is 0 Å². The molecule has 42 heavy (non-hydrogen) atoms. The Morgan fingerprint density at radius 2 is 1.74 bits per heavy atom. The first-order valence-electron chi connectivity index (χ1n) is 14.2. The molecule has 0 bridgehead atoms. The number of nitrogens with one attached hydrogen (secondary N) is 1. The van der Waals surface area contributed by atoms with Crippen molar-refractivity contribution in [1.29, 1.82) is 5.26 Å². The van der Waals surface area contributed by atoms with Gasteiger partial charge in [-0.05, 0) is 97.1 Å². The molecule has 1 aromatic heterocycles. The third-order valence-corrected chi connectivity index (χ3v) is 7.43. The molecular weight excluding hydrogens is 524 g/mol. The highest BCUT2D eigenvalue weighted by Crippen LogP contribution is 2.34. The number of nitrogens with two attached hydrogens (primary N) is 1. The molecule has 0 aliphatic carbocycles. The number of pyridine rings is 1. The maximum atomic E-state index is 13.3. The van der Waals surface area contributed by atoms with Crippen LogP contribution in [0.3, 0.4) is 0 Å². The zero-order valence-corrected chi connectivity index (χ0v) is 23.5. The molecule has 1 fully saturated rings. The predicted octanol–water partition coefficient (Wildman–Crippen LogP) is 5.46. The fourth-order valence-electron chi connectivity index (χ4n) is 5.22. The average Bonchev–Trinajstić information content (AvgIpc) is 3.58. The third-order valence-electron chi connectivity index (χ3n) is 7.43. The highest BCUT2D eigenvalue weighted by molar-refractivity contribution is 6.06. The lowest BCUT2D eigenvalue weighted by Crippen LogP contribution is -2.32. The molecule has 3 aromatic carbocycles. The van der Waals surface area contributed by atoms with Gasteiger partial charge in [-0.3, -0.25) is 14.6 Å². The molecule has 2 heterocycles. The molecule has 0 unspecified atom stereocenters. The van der Waals surface area contributed by atoms with Crippen molar-refractivity contribution in [3.8, 4) is 17.2 Å². The van der Waals surface area contributed by atoms with E-state index in [-0.39, 0.29) is 11.8 Å². The molecule has 1 aliphatic heterocycles. The molecule has 0 spiro atoms. The molecule has 0 saturated carbocycles. The number of carbonyl (C=O) groups is 2. The zero-order chi connectivity index (χ0) is 29.3. The first kappa shape index (κ1) is 28.5. The van der Waals surface area contributed by atoms with E-state index in [4.69, 9.17) is 11.0 Å². The van der Waals surface area contributed by atoms with E-state index in [2.05, 4.69) is 39.5 Å². The van der Waals surface area contributed by atoms with Crippen molar-refractivity contribution in [3.05, 3.63) is 114 Å². The Morgan fingerprint density at radius 1 is 0.952 bits per heavy atom. The minimum Gasteiger partial charge on any atom is -0.370 e. The van der Waals surface area contributed by atoms with Crippen LogP contribution in [-0.4, -0.2) is 47.9 Å². The van der Waals surface area contributed by atoms with Crippen LogP contribution in [0.2, 0.25) is 0 Å². The van der Waals surface area contributed by atoms with Crippen molar-refractivity contribution in [2.45, 2.75) is 25.8 Å². The van der Waals surface area contributed by atoms with Crippen molar-refractivity contribution < 1.29 is 9.59 Å². The fourth-order valence-corrected chi connectivity index (χ4v) is 5.22. The van der Waals surface area contributed by atoms with Crippen LogP contribution in [0, 0.1) is 11.3 Å². The Bertz CT molecular complexity index is 1570. The highest BCUT2D eigenvalue weighted by Gasteiger charge is 2.20. The standard InChI is InChI=1S/C34H34N6O2/c35-15-5-19-40(34(42)30-8-4-16-37-23-30)24-26-6-3-7-28(20-26)29-13-14-32(39-17-1-2-18-39)31(21-29)38-33(41)27-11-9-25(22-36)10-12-27/h3-4,6-14,16,20-21,23H,1-2,5,15,17-19,24,35H2,(H,38,41). The molecule has 5 rings (SSSR count). The number of hydrogen-bond donors (Lipinski definition) is 2. The second-order valence-electron chi connectivity index (χ2n) is 10.4. The summed E-state index contributed by atoms with van der Waals surface area (Å²) < 4.78 is 0. The third kappa shape index (κ3) is 6.82. The van der Waals surface area contributed by atoms with Gasteiger partial charge in [-0.15, -0.1) is 0 Å². The van der Waals surface area contributed by atoms with Crippen LogP contribution in [0.1, 0.15) is 51.1 Å². The van der Waals surface area contributed by atoms with E-state index in [0.29, 0.717) is 42.7 Å². The number of aromatic nitrogens is 1. The van der Waals surface area contributed by atoms with Gasteiger partial charge in [0.1, 0.15) is 0 Å². The summed E-state index contributed by atoms with van der Waals surface area (Å²) in [5.41, 5.74) is 12.0. The molecular formula is C34H34N6O2. The van der Waals surface area contributed by atoms with Crippen LogP contribution < -0.4 is 16.0 Å². The number of hydrogen-bond acceptors (Lipinski definition) is 6. The van der Waals surface area contributed by atoms with E-state index in [1.54, 1.807) is 48.8 Å². The number of rotatable bonds is 10. The number of carbonyl (C=O) groups excluding carboxylic acids is 2. The van der Waals surface area contributed by atoms with Crippen molar-refractivity contribution in [1.82, 2.24) is 9.88 Å². The highest BCUT2D eigenvalue weighted by atomic mass is 16.2. The first-order valence-corrected chi connectivity index (χ1v) is 14.2. The van der Waals surface area contributed by atoms with Crippen LogP contribution >= 0.6 is 0 Å². The Hall–Kier alpha value is -5.00. The van der Waals surface area contributed by atoms with Gasteiger partial charge in [0.05, 0.1) is 28.6 Å². The lowest BCUT2D eigenvalue weighted by atomic mass is 10.0. The predicted molar refractivity (Wildman–Crippen MR) is 165 cm³/mol. The van der Waals surface area contributed by atoms with Crippen LogP contribution in [0.5, 0.6) is 0 Å². The van der Waals surface area contributed by atoms with Gasteiger partial charge in [-0.25, -0.2) is 0 Å². The summed E-state index contributed by atoms with van der Waals surface area (Å²) in [7, 11) is 0. The van der Waals surface area contributed by atoms with Crippen molar-refractivity contribution in [2.75, 3.05) is 36.4 Å². The number of benzene rings is 3. The maximum absolute atomic E-state index is 13.3. The minimum absolute atomic E-state index is 0.0790. The summed E-state index contributed by atoms with van der Waals surface area (Å²) >= 11 is 0. The summed E-state index contributed by atoms with van der Waals surface area (Å²) in [6, 6.07) is 26.5. The summed E-state index contributed by atoms with van der Waals surface area (Å²) in [6.07, 6.45) is 6.17. The summed E-state index contributed by atoms with van der Waals surface area (Å²) in [6.45, 7) is 3.37. The van der Waals surface area contributed by atoms with E-state index in [1.807, 2.05) is 29.2 Å². The van der Waals surface area contributed by atoms with Gasteiger partial charge in [-0.1, -0.05) is 24.3 Å². The number of anilines is 2. The molecule has 1 aliphatic rings. The molecule has 2 amide bonds. The van der Waals surface area contributed by atoms with E-state index in [9.17, 15) is 9.59 Å². The quantitative estimate of drug-likeness (QED) is 0.267. The smallest absolute Gasteiger partial charge is 0.255 e. The zero-order valence-electron chi connectivity index (χ0n) is 23.5. The van der Waals surface area contributed by atoms with Gasteiger partial charge in [0.15, 0.2) is 0 Å². The molecule has 0 radical (unpaired) electrons. The topological polar surface area (TPSA) is 115 Å². The molecule has 8 nitrogen and oxygen atoms in total. The number of amides is 2. The average molecular weight is 559 g/mol. The van der Waals surface area contributed by atoms with Crippen molar-refractivity contribution in [2.24, 2.45) is 5.73 Å². The second kappa shape index (κ2) is 13.6. The van der Waals surface area contributed by atoms with E-state index < -0.39 is 0 Å². The van der Waals surface area contributed by atoms with Crippen molar-refractivity contribution >= 4 is 23.2 Å².